The van der Waals surface area contributed by atoms with Gasteiger partial charge in [0.1, 0.15) is 24.7 Å². The maximum atomic E-state index is 5.77. The van der Waals surface area contributed by atoms with Crippen LogP contribution in [0.25, 0.3) is 0 Å². The topological polar surface area (TPSA) is 80.9 Å². The third-order valence-corrected chi connectivity index (χ3v) is 4.30. The van der Waals surface area contributed by atoms with E-state index in [1.54, 1.807) is 19.5 Å². The number of hydrogen-bond acceptors (Lipinski definition) is 5. The predicted molar refractivity (Wildman–Crippen MR) is 132 cm³/mol. The minimum Gasteiger partial charge on any atom is -0.487 e. The monoisotopic (exact) mass is 536 g/mol. The van der Waals surface area contributed by atoms with Gasteiger partial charge in [0.05, 0.1) is 12.0 Å². The van der Waals surface area contributed by atoms with Gasteiger partial charge in [-0.1, -0.05) is 18.2 Å². The van der Waals surface area contributed by atoms with Crippen molar-refractivity contribution in [3.05, 3.63) is 84.1 Å². The van der Waals surface area contributed by atoms with E-state index in [2.05, 4.69) is 20.6 Å². The molecule has 7 nitrogen and oxygen atoms in total. The summed E-state index contributed by atoms with van der Waals surface area (Å²) in [7, 11) is 1.76. The van der Waals surface area contributed by atoms with Crippen molar-refractivity contribution in [1.29, 1.82) is 0 Å². The molecule has 0 saturated carbocycles. The van der Waals surface area contributed by atoms with Gasteiger partial charge in [-0.15, -0.1) is 24.0 Å². The molecule has 2 N–H and O–H groups in total. The molecule has 0 radical (unpaired) electrons. The summed E-state index contributed by atoms with van der Waals surface area (Å²) in [6.45, 7) is 3.07. The first kappa shape index (κ1) is 24.7. The predicted octanol–water partition coefficient (Wildman–Crippen LogP) is 4.14. The zero-order chi connectivity index (χ0) is 20.9. The number of pyridine rings is 1. The van der Waals surface area contributed by atoms with Gasteiger partial charge >= 0.3 is 0 Å². The second-order valence-electron chi connectivity index (χ2n) is 6.59. The summed E-state index contributed by atoms with van der Waals surface area (Å²) in [5.74, 6) is 2.42. The molecule has 0 fully saturated rings. The number of furan rings is 1. The average Bonchev–Trinajstić information content (AvgIpc) is 3.32. The molecule has 2 aromatic heterocycles. The maximum Gasteiger partial charge on any atom is 0.191 e. The Bertz CT molecular complexity index is 872. The second kappa shape index (κ2) is 14.4. The van der Waals surface area contributed by atoms with Crippen molar-refractivity contribution in [3.63, 3.8) is 0 Å². The van der Waals surface area contributed by atoms with Crippen molar-refractivity contribution in [3.8, 4) is 5.75 Å². The smallest absolute Gasteiger partial charge is 0.191 e. The summed E-state index contributed by atoms with van der Waals surface area (Å²) in [5.41, 5.74) is 2.05. The van der Waals surface area contributed by atoms with Crippen LogP contribution in [0, 0.1) is 0 Å². The fourth-order valence-corrected chi connectivity index (χ4v) is 2.70. The summed E-state index contributed by atoms with van der Waals surface area (Å²) in [5, 5.41) is 6.60. The van der Waals surface area contributed by atoms with Gasteiger partial charge in [-0.3, -0.25) is 9.98 Å². The lowest BCUT2D eigenvalue weighted by Gasteiger charge is -2.12. The highest BCUT2D eigenvalue weighted by atomic mass is 127. The van der Waals surface area contributed by atoms with E-state index in [4.69, 9.17) is 13.9 Å². The first-order valence-electron chi connectivity index (χ1n) is 10.00. The Kier molecular flexibility index (Phi) is 11.5. The number of halogens is 1. The Balaban J connectivity index is 0.00000341. The van der Waals surface area contributed by atoms with Crippen molar-refractivity contribution >= 4 is 29.9 Å². The largest absolute Gasteiger partial charge is 0.487 e. The minimum absolute atomic E-state index is 0. The highest BCUT2D eigenvalue weighted by molar-refractivity contribution is 14.0. The van der Waals surface area contributed by atoms with Crippen LogP contribution in [-0.2, 0) is 24.5 Å². The van der Waals surface area contributed by atoms with Gasteiger partial charge in [0.2, 0.25) is 0 Å². The number of hydrogen-bond donors (Lipinski definition) is 2. The molecule has 0 amide bonds. The highest BCUT2D eigenvalue weighted by Crippen LogP contribution is 2.13. The lowest BCUT2D eigenvalue weighted by atomic mass is 10.2. The molecule has 8 heteroatoms. The molecule has 1 aromatic carbocycles. The molecule has 3 aromatic rings. The Hall–Kier alpha value is -2.59. The standard InChI is InChI=1S/C23H28N4O3.HI/c1-24-23(26-13-5-14-28-18-22-7-4-15-29-22)27-16-19-8-10-21(11-9-19)30-17-20-6-2-3-12-25-20;/h2-4,6-12,15H,5,13-14,16-18H2,1H3,(H2,24,26,27);1H. The van der Waals surface area contributed by atoms with Crippen LogP contribution in [-0.4, -0.2) is 31.1 Å². The number of guanidine groups is 1. The van der Waals surface area contributed by atoms with E-state index in [0.717, 1.165) is 41.7 Å². The zero-order valence-electron chi connectivity index (χ0n) is 17.6. The Labute approximate surface area is 200 Å². The highest BCUT2D eigenvalue weighted by Gasteiger charge is 2.01. The van der Waals surface area contributed by atoms with Crippen LogP contribution in [0.5, 0.6) is 5.75 Å². The molecular formula is C23H29IN4O3. The molecule has 31 heavy (non-hydrogen) atoms. The zero-order valence-corrected chi connectivity index (χ0v) is 20.0. The van der Waals surface area contributed by atoms with E-state index >= 15 is 0 Å². The summed E-state index contributed by atoms with van der Waals surface area (Å²) in [4.78, 5) is 8.50. The van der Waals surface area contributed by atoms with Crippen molar-refractivity contribution in [2.24, 2.45) is 4.99 Å². The van der Waals surface area contributed by atoms with Crippen molar-refractivity contribution in [1.82, 2.24) is 15.6 Å². The van der Waals surface area contributed by atoms with Gasteiger partial charge in [0.15, 0.2) is 5.96 Å². The van der Waals surface area contributed by atoms with Crippen LogP contribution < -0.4 is 15.4 Å². The van der Waals surface area contributed by atoms with Gasteiger partial charge < -0.3 is 24.5 Å². The molecule has 0 aliphatic carbocycles. The summed E-state index contributed by atoms with van der Waals surface area (Å²) >= 11 is 0. The molecule has 0 spiro atoms. The summed E-state index contributed by atoms with van der Waals surface area (Å²) < 4.78 is 16.6. The van der Waals surface area contributed by atoms with E-state index in [-0.39, 0.29) is 24.0 Å². The summed E-state index contributed by atoms with van der Waals surface area (Å²) in [6, 6.07) is 17.6. The Morgan fingerprint density at radius 2 is 1.90 bits per heavy atom. The van der Waals surface area contributed by atoms with E-state index in [1.807, 2.05) is 54.6 Å². The SMILES string of the molecule is CN=C(NCCCOCc1ccco1)NCc1ccc(OCc2ccccn2)cc1.I. The lowest BCUT2D eigenvalue weighted by Crippen LogP contribution is -2.37. The third kappa shape index (κ3) is 9.39. The molecule has 0 aliphatic rings. The average molecular weight is 536 g/mol. The van der Waals surface area contributed by atoms with E-state index in [9.17, 15) is 0 Å². The quantitative estimate of drug-likeness (QED) is 0.166. The van der Waals surface area contributed by atoms with Crippen LogP contribution in [0.4, 0.5) is 0 Å². The van der Waals surface area contributed by atoms with Gasteiger partial charge in [-0.25, -0.2) is 0 Å². The number of nitrogens with one attached hydrogen (secondary N) is 2. The van der Waals surface area contributed by atoms with E-state index < -0.39 is 0 Å². The van der Waals surface area contributed by atoms with E-state index in [1.165, 1.54) is 0 Å². The molecule has 0 unspecified atom stereocenters. The van der Waals surface area contributed by atoms with Crippen molar-refractivity contribution < 1.29 is 13.9 Å². The number of benzene rings is 1. The molecule has 0 saturated heterocycles. The van der Waals surface area contributed by atoms with E-state index in [0.29, 0.717) is 26.4 Å². The van der Waals surface area contributed by atoms with Gasteiger partial charge in [0.25, 0.3) is 0 Å². The number of ether oxygens (including phenoxy) is 2. The lowest BCUT2D eigenvalue weighted by molar-refractivity contribution is 0.105. The normalized spacial score (nSPS) is 10.9. The number of rotatable bonds is 11. The van der Waals surface area contributed by atoms with Gasteiger partial charge in [0, 0.05) is 32.9 Å². The number of aliphatic imine (C=N–C) groups is 1. The summed E-state index contributed by atoms with van der Waals surface area (Å²) in [6.07, 6.45) is 4.30. The molecule has 0 atom stereocenters. The van der Waals surface area contributed by atoms with Crippen LogP contribution >= 0.6 is 24.0 Å². The van der Waals surface area contributed by atoms with Crippen molar-refractivity contribution in [2.75, 3.05) is 20.2 Å². The third-order valence-electron chi connectivity index (χ3n) is 4.30. The fourth-order valence-electron chi connectivity index (χ4n) is 2.70. The molecule has 0 bridgehead atoms. The van der Waals surface area contributed by atoms with Crippen LogP contribution in [0.3, 0.4) is 0 Å². The molecule has 166 valence electrons. The molecule has 0 aliphatic heterocycles. The molecule has 3 rings (SSSR count). The first-order chi connectivity index (χ1) is 14.8. The Morgan fingerprint density at radius 1 is 1.03 bits per heavy atom. The van der Waals surface area contributed by atoms with Crippen molar-refractivity contribution in [2.45, 2.75) is 26.2 Å². The van der Waals surface area contributed by atoms with Gasteiger partial charge in [-0.2, -0.15) is 0 Å². The fraction of sp³-hybridized carbons (Fsp3) is 0.304. The maximum absolute atomic E-state index is 5.77. The van der Waals surface area contributed by atoms with Crippen LogP contribution in [0.2, 0.25) is 0 Å². The van der Waals surface area contributed by atoms with Gasteiger partial charge in [-0.05, 0) is 48.4 Å². The number of aromatic nitrogens is 1. The first-order valence-corrected chi connectivity index (χ1v) is 10.00. The molecular weight excluding hydrogens is 507 g/mol. The van der Waals surface area contributed by atoms with Crippen LogP contribution in [0.15, 0.2) is 76.5 Å². The molecule has 2 heterocycles. The minimum atomic E-state index is 0. The Morgan fingerprint density at radius 3 is 2.61 bits per heavy atom. The second-order valence-corrected chi connectivity index (χ2v) is 6.59. The number of nitrogens with zero attached hydrogens (tertiary/aromatic N) is 2. The van der Waals surface area contributed by atoms with Crippen LogP contribution in [0.1, 0.15) is 23.4 Å².